The van der Waals surface area contributed by atoms with Gasteiger partial charge >= 0.3 is 0 Å². The molecule has 7 nitrogen and oxygen atoms in total. The molecule has 152 valence electrons. The Kier molecular flexibility index (Phi) is 6.16. The molecule has 7 heteroatoms. The van der Waals surface area contributed by atoms with Crippen molar-refractivity contribution in [2.75, 3.05) is 32.6 Å². The maximum Gasteiger partial charge on any atom is 0.257 e. The molecule has 0 aliphatic carbocycles. The van der Waals surface area contributed by atoms with Gasteiger partial charge in [-0.15, -0.1) is 0 Å². The first-order valence-electron chi connectivity index (χ1n) is 9.57. The van der Waals surface area contributed by atoms with E-state index in [0.29, 0.717) is 41.5 Å². The number of amides is 1. The lowest BCUT2D eigenvalue weighted by molar-refractivity contribution is 0.0773. The van der Waals surface area contributed by atoms with Crippen LogP contribution in [-0.4, -0.2) is 48.1 Å². The van der Waals surface area contributed by atoms with E-state index >= 15 is 0 Å². The highest BCUT2D eigenvalue weighted by Gasteiger charge is 2.21. The zero-order valence-corrected chi connectivity index (χ0v) is 17.4. The molecule has 0 aliphatic heterocycles. The van der Waals surface area contributed by atoms with E-state index in [1.54, 1.807) is 31.4 Å². The minimum absolute atomic E-state index is 0.0834. The number of aryl methyl sites for hydroxylation is 1. The van der Waals surface area contributed by atoms with Crippen LogP contribution in [0.2, 0.25) is 0 Å². The van der Waals surface area contributed by atoms with Gasteiger partial charge in [0.05, 0.1) is 31.2 Å². The second-order valence-corrected chi connectivity index (χ2v) is 6.54. The van der Waals surface area contributed by atoms with E-state index in [1.165, 1.54) is 0 Å². The van der Waals surface area contributed by atoms with Crippen LogP contribution >= 0.6 is 0 Å². The Bertz CT molecular complexity index is 1030. The second-order valence-electron chi connectivity index (χ2n) is 6.54. The normalized spacial score (nSPS) is 10.7. The summed E-state index contributed by atoms with van der Waals surface area (Å²) in [6.07, 6.45) is 1.59. The Balaban J connectivity index is 2.18. The summed E-state index contributed by atoms with van der Waals surface area (Å²) in [5.41, 5.74) is 3.31. The van der Waals surface area contributed by atoms with Gasteiger partial charge in [-0.3, -0.25) is 4.79 Å². The summed E-state index contributed by atoms with van der Waals surface area (Å²) in [4.78, 5) is 23.9. The fourth-order valence-electron chi connectivity index (χ4n) is 3.19. The number of ether oxygens (including phenoxy) is 2. The van der Waals surface area contributed by atoms with Gasteiger partial charge in [-0.05, 0) is 45.0 Å². The molecular formula is C22H26N4O3. The van der Waals surface area contributed by atoms with Gasteiger partial charge in [-0.1, -0.05) is 0 Å². The van der Waals surface area contributed by atoms with Gasteiger partial charge in [0.15, 0.2) is 5.65 Å². The van der Waals surface area contributed by atoms with Gasteiger partial charge in [0.1, 0.15) is 11.5 Å². The van der Waals surface area contributed by atoms with E-state index in [-0.39, 0.29) is 5.91 Å². The Labute approximate surface area is 170 Å². The first-order chi connectivity index (χ1) is 14.0. The smallest absolute Gasteiger partial charge is 0.257 e. The molecule has 0 bridgehead atoms. The SMILES string of the molecule is CCN(CC)C(=O)c1cnc2nc(C)ccc2c1Nc1ccc(OC)cc1OC. The molecule has 1 amide bonds. The second kappa shape index (κ2) is 8.77. The third kappa shape index (κ3) is 4.08. The van der Waals surface area contributed by atoms with Crippen molar-refractivity contribution in [3.8, 4) is 11.5 Å². The maximum atomic E-state index is 13.2. The Morgan fingerprint density at radius 2 is 1.86 bits per heavy atom. The standard InChI is InChI=1S/C22H26N4O3/c1-6-26(7-2)22(27)17-13-23-21-16(10-8-14(3)24-21)20(17)25-18-11-9-15(28-4)12-19(18)29-5/h8-13H,6-7H2,1-5H3,(H,23,24,25). The number of benzene rings is 1. The lowest BCUT2D eigenvalue weighted by Crippen LogP contribution is -2.31. The molecule has 2 aromatic heterocycles. The summed E-state index contributed by atoms with van der Waals surface area (Å²) in [7, 11) is 3.20. The first-order valence-corrected chi connectivity index (χ1v) is 9.57. The molecule has 0 atom stereocenters. The zero-order chi connectivity index (χ0) is 21.0. The van der Waals surface area contributed by atoms with E-state index in [9.17, 15) is 4.79 Å². The Morgan fingerprint density at radius 3 is 2.52 bits per heavy atom. The van der Waals surface area contributed by atoms with E-state index < -0.39 is 0 Å². The summed E-state index contributed by atoms with van der Waals surface area (Å²) in [6.45, 7) is 7.06. The number of nitrogens with zero attached hydrogens (tertiary/aromatic N) is 3. The van der Waals surface area contributed by atoms with Gasteiger partial charge in [0.25, 0.3) is 5.91 Å². The number of hydrogen-bond donors (Lipinski definition) is 1. The van der Waals surface area contributed by atoms with Crippen molar-refractivity contribution in [1.82, 2.24) is 14.9 Å². The molecule has 1 aromatic carbocycles. The molecule has 1 N–H and O–H groups in total. The largest absolute Gasteiger partial charge is 0.497 e. The van der Waals surface area contributed by atoms with Crippen LogP contribution in [0, 0.1) is 6.92 Å². The number of carbonyl (C=O) groups excluding carboxylic acids is 1. The van der Waals surface area contributed by atoms with Crippen LogP contribution in [0.3, 0.4) is 0 Å². The predicted octanol–water partition coefficient (Wildman–Crippen LogP) is 4.18. The van der Waals surface area contributed by atoms with E-state index in [4.69, 9.17) is 9.47 Å². The number of anilines is 2. The van der Waals surface area contributed by atoms with Crippen molar-refractivity contribution in [2.24, 2.45) is 0 Å². The van der Waals surface area contributed by atoms with Crippen molar-refractivity contribution < 1.29 is 14.3 Å². The molecular weight excluding hydrogens is 368 g/mol. The molecule has 2 heterocycles. The van der Waals surface area contributed by atoms with E-state index in [2.05, 4.69) is 15.3 Å². The summed E-state index contributed by atoms with van der Waals surface area (Å²) >= 11 is 0. The molecule has 3 aromatic rings. The third-order valence-corrected chi connectivity index (χ3v) is 4.82. The monoisotopic (exact) mass is 394 g/mol. The Hall–Kier alpha value is -3.35. The molecule has 0 aliphatic rings. The van der Waals surface area contributed by atoms with Crippen LogP contribution in [0.15, 0.2) is 36.5 Å². The van der Waals surface area contributed by atoms with Gasteiger partial charge < -0.3 is 19.7 Å². The number of carbonyl (C=O) groups is 1. The summed E-state index contributed by atoms with van der Waals surface area (Å²) in [5, 5.41) is 4.15. The van der Waals surface area contributed by atoms with Crippen molar-refractivity contribution >= 4 is 28.3 Å². The van der Waals surface area contributed by atoms with Gasteiger partial charge in [0.2, 0.25) is 0 Å². The average Bonchev–Trinajstić information content (AvgIpc) is 2.74. The van der Waals surface area contributed by atoms with Crippen molar-refractivity contribution in [3.05, 3.63) is 47.8 Å². The maximum absolute atomic E-state index is 13.2. The minimum Gasteiger partial charge on any atom is -0.497 e. The van der Waals surface area contributed by atoms with Gasteiger partial charge in [-0.2, -0.15) is 0 Å². The molecule has 0 fully saturated rings. The molecule has 0 unspecified atom stereocenters. The zero-order valence-electron chi connectivity index (χ0n) is 17.4. The molecule has 3 rings (SSSR count). The lowest BCUT2D eigenvalue weighted by atomic mass is 10.1. The van der Waals surface area contributed by atoms with Crippen LogP contribution in [0.1, 0.15) is 29.9 Å². The van der Waals surface area contributed by atoms with Crippen LogP contribution in [0.25, 0.3) is 11.0 Å². The lowest BCUT2D eigenvalue weighted by Gasteiger charge is -2.22. The predicted molar refractivity (Wildman–Crippen MR) is 114 cm³/mol. The fourth-order valence-corrected chi connectivity index (χ4v) is 3.19. The minimum atomic E-state index is -0.0834. The van der Waals surface area contributed by atoms with E-state index in [0.717, 1.165) is 16.8 Å². The highest BCUT2D eigenvalue weighted by atomic mass is 16.5. The number of rotatable bonds is 7. The van der Waals surface area contributed by atoms with Gasteiger partial charge in [-0.25, -0.2) is 9.97 Å². The number of nitrogens with one attached hydrogen (secondary N) is 1. The fraction of sp³-hybridized carbons (Fsp3) is 0.318. The molecule has 0 saturated carbocycles. The molecule has 0 radical (unpaired) electrons. The van der Waals surface area contributed by atoms with Crippen LogP contribution in [0.5, 0.6) is 11.5 Å². The molecule has 0 saturated heterocycles. The Morgan fingerprint density at radius 1 is 1.10 bits per heavy atom. The topological polar surface area (TPSA) is 76.6 Å². The third-order valence-electron chi connectivity index (χ3n) is 4.82. The first kappa shape index (κ1) is 20.4. The van der Waals surface area contributed by atoms with Gasteiger partial charge in [0, 0.05) is 36.4 Å². The number of fused-ring (bicyclic) bond motifs is 1. The highest BCUT2D eigenvalue weighted by molar-refractivity contribution is 6.07. The highest BCUT2D eigenvalue weighted by Crippen LogP contribution is 2.35. The summed E-state index contributed by atoms with van der Waals surface area (Å²) in [5.74, 6) is 1.21. The quantitative estimate of drug-likeness (QED) is 0.648. The van der Waals surface area contributed by atoms with Crippen molar-refractivity contribution in [3.63, 3.8) is 0 Å². The van der Waals surface area contributed by atoms with Crippen LogP contribution in [0.4, 0.5) is 11.4 Å². The summed E-state index contributed by atoms with van der Waals surface area (Å²) in [6, 6.07) is 9.33. The van der Waals surface area contributed by atoms with E-state index in [1.807, 2.05) is 45.0 Å². The molecule has 0 spiro atoms. The number of pyridine rings is 2. The average molecular weight is 394 g/mol. The number of methoxy groups -OCH3 is 2. The number of hydrogen-bond acceptors (Lipinski definition) is 6. The van der Waals surface area contributed by atoms with Crippen LogP contribution < -0.4 is 14.8 Å². The van der Waals surface area contributed by atoms with Crippen molar-refractivity contribution in [1.29, 1.82) is 0 Å². The number of aromatic nitrogens is 2. The van der Waals surface area contributed by atoms with Crippen molar-refractivity contribution in [2.45, 2.75) is 20.8 Å². The molecule has 29 heavy (non-hydrogen) atoms. The summed E-state index contributed by atoms with van der Waals surface area (Å²) < 4.78 is 10.8. The van der Waals surface area contributed by atoms with Crippen LogP contribution in [-0.2, 0) is 0 Å².